The van der Waals surface area contributed by atoms with Crippen molar-refractivity contribution in [1.29, 1.82) is 0 Å². The Balaban J connectivity index is 1.59. The molecule has 1 aliphatic rings. The third kappa shape index (κ3) is 7.03. The molecule has 10 heteroatoms. The lowest BCUT2D eigenvalue weighted by Crippen LogP contribution is -2.48. The van der Waals surface area contributed by atoms with E-state index in [-0.39, 0.29) is 36.1 Å². The SMILES string of the molecule is CCOC(=O)c1sc(NC(=O)CN2CCN(Cc3cccc(OC)c3)CC2)c(C(=O)OCC)c1C. The smallest absolute Gasteiger partial charge is 0.348 e. The Morgan fingerprint density at radius 2 is 1.66 bits per heavy atom. The largest absolute Gasteiger partial charge is 0.497 e. The number of piperazine rings is 1. The summed E-state index contributed by atoms with van der Waals surface area (Å²) in [6, 6.07) is 8.03. The Morgan fingerprint density at radius 3 is 2.31 bits per heavy atom. The number of anilines is 1. The molecule has 1 aromatic heterocycles. The minimum atomic E-state index is -0.571. The Bertz CT molecular complexity index is 1050. The number of nitrogens with one attached hydrogen (secondary N) is 1. The van der Waals surface area contributed by atoms with Gasteiger partial charge in [0, 0.05) is 32.7 Å². The lowest BCUT2D eigenvalue weighted by atomic mass is 10.1. The summed E-state index contributed by atoms with van der Waals surface area (Å²) in [5, 5.41) is 3.13. The van der Waals surface area contributed by atoms with Crippen LogP contribution in [-0.2, 0) is 20.8 Å². The van der Waals surface area contributed by atoms with Crippen molar-refractivity contribution in [3.63, 3.8) is 0 Å². The lowest BCUT2D eigenvalue weighted by molar-refractivity contribution is -0.117. The summed E-state index contributed by atoms with van der Waals surface area (Å²) in [5.74, 6) is -0.491. The van der Waals surface area contributed by atoms with Gasteiger partial charge in [-0.05, 0) is 44.0 Å². The van der Waals surface area contributed by atoms with Crippen LogP contribution in [0.15, 0.2) is 24.3 Å². The summed E-state index contributed by atoms with van der Waals surface area (Å²) in [6.07, 6.45) is 0. The fourth-order valence-corrected chi connectivity index (χ4v) is 5.05. The van der Waals surface area contributed by atoms with Gasteiger partial charge in [0.25, 0.3) is 0 Å². The van der Waals surface area contributed by atoms with E-state index in [9.17, 15) is 14.4 Å². The molecule has 0 atom stereocenters. The summed E-state index contributed by atoms with van der Waals surface area (Å²) in [7, 11) is 1.66. The molecular weight excluding hydrogens is 470 g/mol. The Labute approximate surface area is 209 Å². The van der Waals surface area contributed by atoms with Crippen molar-refractivity contribution in [2.45, 2.75) is 27.3 Å². The van der Waals surface area contributed by atoms with Gasteiger partial charge in [-0.1, -0.05) is 12.1 Å². The van der Waals surface area contributed by atoms with Gasteiger partial charge in [-0.3, -0.25) is 14.6 Å². The summed E-state index contributed by atoms with van der Waals surface area (Å²) < 4.78 is 15.5. The zero-order valence-corrected chi connectivity index (χ0v) is 21.5. The summed E-state index contributed by atoms with van der Waals surface area (Å²) in [6.45, 7) is 9.68. The second-order valence-electron chi connectivity index (χ2n) is 8.15. The van der Waals surface area contributed by atoms with Crippen molar-refractivity contribution >= 4 is 34.2 Å². The van der Waals surface area contributed by atoms with Gasteiger partial charge in [0.15, 0.2) is 0 Å². The van der Waals surface area contributed by atoms with E-state index >= 15 is 0 Å². The average molecular weight is 504 g/mol. The molecule has 0 saturated carbocycles. The van der Waals surface area contributed by atoms with E-state index < -0.39 is 11.9 Å². The highest BCUT2D eigenvalue weighted by atomic mass is 32.1. The van der Waals surface area contributed by atoms with Gasteiger partial charge < -0.3 is 19.5 Å². The number of thiophene rings is 1. The maximum absolute atomic E-state index is 12.8. The van der Waals surface area contributed by atoms with Crippen LogP contribution in [0.3, 0.4) is 0 Å². The number of carbonyl (C=O) groups excluding carboxylic acids is 3. The second kappa shape index (κ2) is 12.7. The van der Waals surface area contributed by atoms with Crippen LogP contribution in [0.1, 0.15) is 45.0 Å². The number of rotatable bonds is 10. The van der Waals surface area contributed by atoms with E-state index in [1.165, 1.54) is 5.56 Å². The van der Waals surface area contributed by atoms with Crippen LogP contribution >= 0.6 is 11.3 Å². The van der Waals surface area contributed by atoms with Gasteiger partial charge in [-0.2, -0.15) is 0 Å². The van der Waals surface area contributed by atoms with Gasteiger partial charge in [-0.15, -0.1) is 11.3 Å². The van der Waals surface area contributed by atoms with Crippen LogP contribution in [0.5, 0.6) is 5.75 Å². The monoisotopic (exact) mass is 503 g/mol. The van der Waals surface area contributed by atoms with Crippen molar-refractivity contribution in [2.24, 2.45) is 0 Å². The van der Waals surface area contributed by atoms with Crippen LogP contribution in [0, 0.1) is 6.92 Å². The fraction of sp³-hybridized carbons (Fsp3) is 0.480. The third-order valence-corrected chi connectivity index (χ3v) is 6.90. The quantitative estimate of drug-likeness (QED) is 0.494. The first-order chi connectivity index (χ1) is 16.9. The zero-order valence-electron chi connectivity index (χ0n) is 20.7. The minimum absolute atomic E-state index is 0.191. The molecule has 0 aliphatic carbocycles. The number of methoxy groups -OCH3 is 1. The number of hydrogen-bond acceptors (Lipinski definition) is 9. The van der Waals surface area contributed by atoms with Gasteiger partial charge in [-0.25, -0.2) is 9.59 Å². The predicted molar refractivity (Wildman–Crippen MR) is 134 cm³/mol. The molecule has 35 heavy (non-hydrogen) atoms. The molecular formula is C25H33N3O6S. The number of ether oxygens (including phenoxy) is 3. The molecule has 0 radical (unpaired) electrons. The molecule has 9 nitrogen and oxygen atoms in total. The molecule has 0 unspecified atom stereocenters. The highest BCUT2D eigenvalue weighted by Crippen LogP contribution is 2.34. The standard InChI is InChI=1S/C25H33N3O6S/c1-5-33-24(30)21-17(3)22(25(31)34-6-2)35-23(21)26-20(29)16-28-12-10-27(11-13-28)15-18-8-7-9-19(14-18)32-4/h7-9,14H,5-6,10-13,15-16H2,1-4H3,(H,26,29). The molecule has 1 amide bonds. The van der Waals surface area contributed by atoms with Crippen LogP contribution in [0.2, 0.25) is 0 Å². The van der Waals surface area contributed by atoms with Crippen LogP contribution in [0.4, 0.5) is 5.00 Å². The summed E-state index contributed by atoms with van der Waals surface area (Å²) in [4.78, 5) is 42.4. The fourth-order valence-electron chi connectivity index (χ4n) is 3.95. The minimum Gasteiger partial charge on any atom is -0.497 e. The molecule has 2 heterocycles. The van der Waals surface area contributed by atoms with E-state index in [2.05, 4.69) is 21.2 Å². The zero-order chi connectivity index (χ0) is 25.4. The van der Waals surface area contributed by atoms with E-state index in [0.717, 1.165) is 49.8 Å². The van der Waals surface area contributed by atoms with Crippen LogP contribution < -0.4 is 10.1 Å². The molecule has 1 fully saturated rings. The maximum Gasteiger partial charge on any atom is 0.348 e. The molecule has 3 rings (SSSR count). The van der Waals surface area contributed by atoms with Crippen molar-refractivity contribution in [3.05, 3.63) is 45.8 Å². The number of nitrogens with zero attached hydrogens (tertiary/aromatic N) is 2. The van der Waals surface area contributed by atoms with E-state index in [0.29, 0.717) is 10.6 Å². The first-order valence-corrected chi connectivity index (χ1v) is 12.5. The van der Waals surface area contributed by atoms with Crippen molar-refractivity contribution < 1.29 is 28.6 Å². The molecule has 0 spiro atoms. The molecule has 2 aromatic rings. The van der Waals surface area contributed by atoms with E-state index in [1.807, 2.05) is 18.2 Å². The molecule has 1 aliphatic heterocycles. The predicted octanol–water partition coefficient (Wildman–Crippen LogP) is 3.17. The average Bonchev–Trinajstić information content (AvgIpc) is 3.16. The van der Waals surface area contributed by atoms with Crippen molar-refractivity contribution in [3.8, 4) is 5.75 Å². The Kier molecular flexibility index (Phi) is 9.64. The van der Waals surface area contributed by atoms with Gasteiger partial charge in [0.1, 0.15) is 15.6 Å². The highest BCUT2D eigenvalue weighted by molar-refractivity contribution is 7.18. The van der Waals surface area contributed by atoms with E-state index in [4.69, 9.17) is 14.2 Å². The van der Waals surface area contributed by atoms with Gasteiger partial charge in [0.2, 0.25) is 5.91 Å². The van der Waals surface area contributed by atoms with Crippen LogP contribution in [-0.4, -0.2) is 80.7 Å². The maximum atomic E-state index is 12.8. The highest BCUT2D eigenvalue weighted by Gasteiger charge is 2.28. The first-order valence-electron chi connectivity index (χ1n) is 11.7. The van der Waals surface area contributed by atoms with Gasteiger partial charge >= 0.3 is 11.9 Å². The molecule has 1 saturated heterocycles. The summed E-state index contributed by atoms with van der Waals surface area (Å²) >= 11 is 1.04. The number of esters is 2. The number of hydrogen-bond donors (Lipinski definition) is 1. The number of amides is 1. The molecule has 190 valence electrons. The Hall–Kier alpha value is -2.95. The van der Waals surface area contributed by atoms with Crippen molar-refractivity contribution in [2.75, 3.05) is 58.4 Å². The van der Waals surface area contributed by atoms with Crippen molar-refractivity contribution in [1.82, 2.24) is 9.80 Å². The molecule has 1 N–H and O–H groups in total. The first kappa shape index (κ1) is 26.7. The molecule has 0 bridgehead atoms. The van der Waals surface area contributed by atoms with Gasteiger partial charge in [0.05, 0.1) is 32.4 Å². The normalized spacial score (nSPS) is 14.4. The van der Waals surface area contributed by atoms with E-state index in [1.54, 1.807) is 27.9 Å². The second-order valence-corrected chi connectivity index (χ2v) is 9.17. The summed E-state index contributed by atoms with van der Waals surface area (Å²) in [5.41, 5.74) is 1.84. The van der Waals surface area contributed by atoms with Crippen LogP contribution in [0.25, 0.3) is 0 Å². The third-order valence-electron chi connectivity index (χ3n) is 5.71. The number of benzene rings is 1. The molecule has 1 aromatic carbocycles. The number of carbonyl (C=O) groups is 3. The lowest BCUT2D eigenvalue weighted by Gasteiger charge is -2.34. The Morgan fingerprint density at radius 1 is 1.00 bits per heavy atom. The topological polar surface area (TPSA) is 97.4 Å².